The van der Waals surface area contributed by atoms with Crippen LogP contribution < -0.4 is 10.5 Å². The summed E-state index contributed by atoms with van der Waals surface area (Å²) in [5, 5.41) is 7.52. The van der Waals surface area contributed by atoms with Crippen molar-refractivity contribution in [3.05, 3.63) is 65.2 Å². The summed E-state index contributed by atoms with van der Waals surface area (Å²) in [6.07, 6.45) is 0.369. The predicted molar refractivity (Wildman–Crippen MR) is 115 cm³/mol. The summed E-state index contributed by atoms with van der Waals surface area (Å²) >= 11 is 0. The van der Waals surface area contributed by atoms with E-state index in [9.17, 15) is 9.59 Å². The molecule has 1 atom stereocenters. The number of ether oxygens (including phenoxy) is 3. The molecular weight excluding hydrogens is 398 g/mol. The maximum Gasteiger partial charge on any atom is 0.410 e. The number of nitrogen functional groups attached to an aromatic ring is 1. The van der Waals surface area contributed by atoms with E-state index >= 15 is 0 Å². The summed E-state index contributed by atoms with van der Waals surface area (Å²) in [5.41, 5.74) is 8.15. The van der Waals surface area contributed by atoms with E-state index in [0.29, 0.717) is 31.8 Å². The quantitative estimate of drug-likeness (QED) is 0.344. The second-order valence-corrected chi connectivity index (χ2v) is 7.23. The molecule has 8 heteroatoms. The summed E-state index contributed by atoms with van der Waals surface area (Å²) in [7, 11) is 0. The number of amides is 1. The lowest BCUT2D eigenvalue weighted by molar-refractivity contribution is -0.143. The van der Waals surface area contributed by atoms with E-state index in [2.05, 4.69) is 0 Å². The lowest BCUT2D eigenvalue weighted by Crippen LogP contribution is -2.36. The fourth-order valence-electron chi connectivity index (χ4n) is 3.37. The Hall–Kier alpha value is -3.55. The van der Waals surface area contributed by atoms with Gasteiger partial charge in [-0.15, -0.1) is 0 Å². The van der Waals surface area contributed by atoms with Crippen LogP contribution in [0, 0.1) is 5.41 Å². The highest BCUT2D eigenvalue weighted by molar-refractivity contribution is 5.95. The molecule has 1 aliphatic rings. The van der Waals surface area contributed by atoms with Crippen molar-refractivity contribution in [3.8, 4) is 5.75 Å². The van der Waals surface area contributed by atoms with Gasteiger partial charge in [0.2, 0.25) is 0 Å². The van der Waals surface area contributed by atoms with Crippen molar-refractivity contribution >= 4 is 17.9 Å². The molecule has 1 saturated heterocycles. The van der Waals surface area contributed by atoms with E-state index in [1.54, 1.807) is 17.9 Å². The van der Waals surface area contributed by atoms with Gasteiger partial charge >= 0.3 is 12.1 Å². The van der Waals surface area contributed by atoms with Gasteiger partial charge in [0.15, 0.2) is 0 Å². The highest BCUT2D eigenvalue weighted by Gasteiger charge is 2.33. The van der Waals surface area contributed by atoms with Crippen LogP contribution in [0.5, 0.6) is 5.75 Å². The van der Waals surface area contributed by atoms with Crippen LogP contribution in [0.4, 0.5) is 4.79 Å². The number of hydrogen-bond donors (Lipinski definition) is 2. The van der Waals surface area contributed by atoms with Crippen molar-refractivity contribution < 1.29 is 23.8 Å². The summed E-state index contributed by atoms with van der Waals surface area (Å²) in [6.45, 7) is 3.02. The number of carbonyl (C=O) groups excluding carboxylic acids is 2. The smallest absolute Gasteiger partial charge is 0.410 e. The van der Waals surface area contributed by atoms with Gasteiger partial charge in [-0.05, 0) is 42.7 Å². The number of nitrogens with one attached hydrogen (secondary N) is 1. The second kappa shape index (κ2) is 10.5. The molecule has 3 rings (SSSR count). The number of nitrogens with two attached hydrogens (primary N) is 1. The number of benzene rings is 2. The van der Waals surface area contributed by atoms with Crippen molar-refractivity contribution in [1.29, 1.82) is 5.41 Å². The molecule has 31 heavy (non-hydrogen) atoms. The highest BCUT2D eigenvalue weighted by Crippen LogP contribution is 2.20. The molecule has 1 amide bonds. The van der Waals surface area contributed by atoms with E-state index in [1.165, 1.54) is 0 Å². The third kappa shape index (κ3) is 6.21. The van der Waals surface area contributed by atoms with Crippen LogP contribution in [0.1, 0.15) is 30.0 Å². The highest BCUT2D eigenvalue weighted by atomic mass is 16.6. The number of carbonyl (C=O) groups is 2. The van der Waals surface area contributed by atoms with Crippen LogP contribution in [0.2, 0.25) is 0 Å². The zero-order valence-electron chi connectivity index (χ0n) is 17.5. The van der Waals surface area contributed by atoms with Gasteiger partial charge in [0.1, 0.15) is 24.8 Å². The zero-order valence-corrected chi connectivity index (χ0v) is 17.5. The van der Waals surface area contributed by atoms with Crippen LogP contribution in [-0.2, 0) is 27.3 Å². The lowest BCUT2D eigenvalue weighted by atomic mass is 10.1. The molecular formula is C23H27N3O5. The minimum absolute atomic E-state index is 0.0249. The average Bonchev–Trinajstić information content (AvgIpc) is 3.11. The summed E-state index contributed by atoms with van der Waals surface area (Å²) < 4.78 is 15.9. The second-order valence-electron chi connectivity index (χ2n) is 7.23. The van der Waals surface area contributed by atoms with E-state index in [1.807, 2.05) is 42.5 Å². The Morgan fingerprint density at radius 2 is 2.00 bits per heavy atom. The first-order chi connectivity index (χ1) is 15.0. The average molecular weight is 425 g/mol. The zero-order chi connectivity index (χ0) is 22.2. The number of hydrogen-bond acceptors (Lipinski definition) is 6. The maximum absolute atomic E-state index is 12.0. The molecule has 3 N–H and O–H groups in total. The van der Waals surface area contributed by atoms with Crippen LogP contribution in [0.3, 0.4) is 0 Å². The molecule has 0 unspecified atom stereocenters. The van der Waals surface area contributed by atoms with Gasteiger partial charge < -0.3 is 24.8 Å². The Morgan fingerprint density at radius 3 is 2.71 bits per heavy atom. The first-order valence-electron chi connectivity index (χ1n) is 10.2. The molecule has 0 bridgehead atoms. The van der Waals surface area contributed by atoms with Gasteiger partial charge in [0.05, 0.1) is 19.1 Å². The maximum atomic E-state index is 12.0. The monoisotopic (exact) mass is 425 g/mol. The van der Waals surface area contributed by atoms with E-state index in [0.717, 1.165) is 16.9 Å². The molecule has 0 saturated carbocycles. The van der Waals surface area contributed by atoms with Gasteiger partial charge in [-0.3, -0.25) is 10.2 Å². The third-order valence-corrected chi connectivity index (χ3v) is 4.97. The number of rotatable bonds is 10. The number of amidine groups is 1. The first kappa shape index (κ1) is 22.1. The van der Waals surface area contributed by atoms with Gasteiger partial charge in [-0.1, -0.05) is 30.3 Å². The van der Waals surface area contributed by atoms with Crippen LogP contribution in [0.15, 0.2) is 48.5 Å². The normalized spacial score (nSPS) is 15.5. The topological polar surface area (TPSA) is 115 Å². The largest absolute Gasteiger partial charge is 0.489 e. The van der Waals surface area contributed by atoms with Crippen molar-refractivity contribution in [1.82, 2.24) is 4.90 Å². The molecule has 0 spiro atoms. The first-order valence-corrected chi connectivity index (χ1v) is 10.2. The van der Waals surface area contributed by atoms with Gasteiger partial charge in [-0.2, -0.15) is 0 Å². The fourth-order valence-corrected chi connectivity index (χ4v) is 3.37. The lowest BCUT2D eigenvalue weighted by Gasteiger charge is -2.21. The van der Waals surface area contributed by atoms with Crippen LogP contribution >= 0.6 is 0 Å². The van der Waals surface area contributed by atoms with Gasteiger partial charge in [0, 0.05) is 12.1 Å². The van der Waals surface area contributed by atoms with E-state index in [-0.39, 0.29) is 30.8 Å². The van der Waals surface area contributed by atoms with Crippen molar-refractivity contribution in [2.45, 2.75) is 32.4 Å². The molecule has 1 heterocycles. The molecule has 2 aromatic carbocycles. The van der Waals surface area contributed by atoms with Crippen molar-refractivity contribution in [3.63, 3.8) is 0 Å². The Bertz CT molecular complexity index is 929. The molecule has 1 aliphatic heterocycles. The number of esters is 1. The molecule has 0 aromatic heterocycles. The van der Waals surface area contributed by atoms with Gasteiger partial charge in [0.25, 0.3) is 0 Å². The Balaban J connectivity index is 1.53. The molecule has 0 radical (unpaired) electrons. The molecule has 8 nitrogen and oxygen atoms in total. The van der Waals surface area contributed by atoms with Crippen molar-refractivity contribution in [2.24, 2.45) is 5.73 Å². The predicted octanol–water partition coefficient (Wildman–Crippen LogP) is 2.87. The SMILES string of the molecule is CCOC(=O)CCN1C(=O)OC[C@@H]1Cc1ccc(OCc2cccc(C(=N)N)c2)cc1. The minimum atomic E-state index is -0.401. The van der Waals surface area contributed by atoms with Gasteiger partial charge in [-0.25, -0.2) is 4.79 Å². The molecule has 0 aliphatic carbocycles. The summed E-state index contributed by atoms with van der Waals surface area (Å²) in [6, 6.07) is 14.9. The Labute approximate surface area is 181 Å². The Morgan fingerprint density at radius 1 is 1.23 bits per heavy atom. The molecule has 2 aromatic rings. The number of nitrogens with zero attached hydrogens (tertiary/aromatic N) is 1. The van der Waals surface area contributed by atoms with Crippen LogP contribution in [-0.4, -0.2) is 48.6 Å². The van der Waals surface area contributed by atoms with E-state index in [4.69, 9.17) is 25.4 Å². The van der Waals surface area contributed by atoms with Crippen molar-refractivity contribution in [2.75, 3.05) is 19.8 Å². The molecule has 1 fully saturated rings. The minimum Gasteiger partial charge on any atom is -0.489 e. The molecule has 164 valence electrons. The summed E-state index contributed by atoms with van der Waals surface area (Å²) in [4.78, 5) is 25.2. The third-order valence-electron chi connectivity index (χ3n) is 4.97. The van der Waals surface area contributed by atoms with Crippen LogP contribution in [0.25, 0.3) is 0 Å². The fraction of sp³-hybridized carbons (Fsp3) is 0.348. The Kier molecular flexibility index (Phi) is 7.48. The number of cyclic esters (lactones) is 1. The van der Waals surface area contributed by atoms with E-state index < -0.39 is 6.09 Å². The standard InChI is InChI=1S/C23H27N3O5/c1-2-29-21(27)10-11-26-19(15-31-23(26)28)13-16-6-8-20(9-7-16)30-14-17-4-3-5-18(12-17)22(24)25/h3-9,12,19H,2,10-11,13-15H2,1H3,(H3,24,25)/t19-/m0/s1. The summed E-state index contributed by atoms with van der Waals surface area (Å²) in [5.74, 6) is 0.420.